The summed E-state index contributed by atoms with van der Waals surface area (Å²) in [7, 11) is 0. The highest BCUT2D eigenvalue weighted by Crippen LogP contribution is 2.27. The molecule has 0 heterocycles. The van der Waals surface area contributed by atoms with Crippen LogP contribution in [0.2, 0.25) is 10.0 Å². The lowest BCUT2D eigenvalue weighted by atomic mass is 10.1. The molecule has 0 aliphatic carbocycles. The first-order valence-electron chi connectivity index (χ1n) is 5.75. The van der Waals surface area contributed by atoms with E-state index in [1.807, 2.05) is 0 Å². The first-order valence-corrected chi connectivity index (χ1v) is 6.50. The van der Waals surface area contributed by atoms with E-state index in [0.29, 0.717) is 10.6 Å². The SMILES string of the molecule is Nc1cc(Cl)cc(Cl)c1C(=O)NCc1ccccc1F. The van der Waals surface area contributed by atoms with Gasteiger partial charge < -0.3 is 11.1 Å². The highest BCUT2D eigenvalue weighted by Gasteiger charge is 2.15. The smallest absolute Gasteiger partial charge is 0.255 e. The largest absolute Gasteiger partial charge is 0.398 e. The molecule has 2 rings (SSSR count). The molecule has 0 bridgehead atoms. The topological polar surface area (TPSA) is 55.1 Å². The predicted octanol–water partition coefficient (Wildman–Crippen LogP) is 3.64. The second-order valence-corrected chi connectivity index (χ2v) is 4.97. The van der Waals surface area contributed by atoms with Crippen LogP contribution >= 0.6 is 23.2 Å². The third kappa shape index (κ3) is 3.21. The molecule has 6 heteroatoms. The Balaban J connectivity index is 2.16. The Kier molecular flexibility index (Phi) is 4.47. The van der Waals surface area contributed by atoms with Gasteiger partial charge in [0.2, 0.25) is 0 Å². The van der Waals surface area contributed by atoms with Crippen LogP contribution in [-0.4, -0.2) is 5.91 Å². The van der Waals surface area contributed by atoms with Crippen molar-refractivity contribution in [3.8, 4) is 0 Å². The molecule has 0 spiro atoms. The van der Waals surface area contributed by atoms with Crippen molar-refractivity contribution in [3.63, 3.8) is 0 Å². The molecule has 0 saturated carbocycles. The van der Waals surface area contributed by atoms with Crippen LogP contribution in [0.3, 0.4) is 0 Å². The second-order valence-electron chi connectivity index (χ2n) is 4.13. The molecule has 0 fully saturated rings. The molecule has 0 aliphatic rings. The lowest BCUT2D eigenvalue weighted by Gasteiger charge is -2.10. The third-order valence-corrected chi connectivity index (χ3v) is 3.23. The van der Waals surface area contributed by atoms with Gasteiger partial charge in [-0.15, -0.1) is 0 Å². The number of carbonyl (C=O) groups excluding carboxylic acids is 1. The molecule has 0 saturated heterocycles. The Labute approximate surface area is 125 Å². The Morgan fingerprint density at radius 1 is 1.25 bits per heavy atom. The molecule has 0 unspecified atom stereocenters. The number of halogens is 3. The van der Waals surface area contributed by atoms with Crippen LogP contribution in [0.15, 0.2) is 36.4 Å². The second kappa shape index (κ2) is 6.11. The van der Waals surface area contributed by atoms with Gasteiger partial charge in [0.05, 0.1) is 10.6 Å². The fourth-order valence-corrected chi connectivity index (χ4v) is 2.33. The van der Waals surface area contributed by atoms with Crippen LogP contribution < -0.4 is 11.1 Å². The van der Waals surface area contributed by atoms with Gasteiger partial charge in [0.1, 0.15) is 5.82 Å². The fraction of sp³-hybridized carbons (Fsp3) is 0.0714. The summed E-state index contributed by atoms with van der Waals surface area (Å²) >= 11 is 11.7. The van der Waals surface area contributed by atoms with E-state index in [2.05, 4.69) is 5.32 Å². The predicted molar refractivity (Wildman–Crippen MR) is 78.4 cm³/mol. The molecular weight excluding hydrogens is 302 g/mol. The minimum Gasteiger partial charge on any atom is -0.398 e. The molecule has 2 aromatic rings. The molecule has 0 atom stereocenters. The van der Waals surface area contributed by atoms with Gasteiger partial charge in [-0.1, -0.05) is 41.4 Å². The van der Waals surface area contributed by atoms with Crippen LogP contribution in [0.4, 0.5) is 10.1 Å². The maximum absolute atomic E-state index is 13.4. The number of hydrogen-bond acceptors (Lipinski definition) is 2. The highest BCUT2D eigenvalue weighted by molar-refractivity contribution is 6.37. The average molecular weight is 313 g/mol. The zero-order valence-electron chi connectivity index (χ0n) is 10.3. The van der Waals surface area contributed by atoms with E-state index in [1.54, 1.807) is 18.2 Å². The first kappa shape index (κ1) is 14.6. The zero-order valence-corrected chi connectivity index (χ0v) is 11.8. The Morgan fingerprint density at radius 3 is 2.60 bits per heavy atom. The molecule has 2 aromatic carbocycles. The summed E-state index contributed by atoms with van der Waals surface area (Å²) in [6, 6.07) is 9.04. The lowest BCUT2D eigenvalue weighted by Crippen LogP contribution is -2.24. The van der Waals surface area contributed by atoms with Crippen LogP contribution in [0.1, 0.15) is 15.9 Å². The lowest BCUT2D eigenvalue weighted by molar-refractivity contribution is 0.0951. The minimum absolute atomic E-state index is 0.0455. The van der Waals surface area contributed by atoms with Crippen LogP contribution in [0, 0.1) is 5.82 Å². The van der Waals surface area contributed by atoms with Crippen molar-refractivity contribution in [2.75, 3.05) is 5.73 Å². The Morgan fingerprint density at radius 2 is 1.95 bits per heavy atom. The number of amides is 1. The molecule has 20 heavy (non-hydrogen) atoms. The van der Waals surface area contributed by atoms with E-state index in [9.17, 15) is 9.18 Å². The van der Waals surface area contributed by atoms with Gasteiger partial charge in [-0.25, -0.2) is 4.39 Å². The van der Waals surface area contributed by atoms with Crippen LogP contribution in [-0.2, 0) is 6.54 Å². The summed E-state index contributed by atoms with van der Waals surface area (Å²) in [4.78, 5) is 12.0. The normalized spacial score (nSPS) is 10.3. The zero-order chi connectivity index (χ0) is 14.7. The number of nitrogens with two attached hydrogens (primary N) is 1. The first-order chi connectivity index (χ1) is 9.49. The van der Waals surface area contributed by atoms with Crippen molar-refractivity contribution in [2.45, 2.75) is 6.54 Å². The van der Waals surface area contributed by atoms with Gasteiger partial charge in [-0.2, -0.15) is 0 Å². The van der Waals surface area contributed by atoms with Crippen molar-refractivity contribution in [2.24, 2.45) is 0 Å². The third-order valence-electron chi connectivity index (χ3n) is 2.71. The van der Waals surface area contributed by atoms with E-state index < -0.39 is 5.91 Å². The minimum atomic E-state index is -0.479. The van der Waals surface area contributed by atoms with Gasteiger partial charge in [-0.05, 0) is 18.2 Å². The van der Waals surface area contributed by atoms with Crippen molar-refractivity contribution >= 4 is 34.8 Å². The molecule has 0 aliphatic heterocycles. The summed E-state index contributed by atoms with van der Waals surface area (Å²) in [6.45, 7) is 0.0455. The van der Waals surface area contributed by atoms with Crippen molar-refractivity contribution in [3.05, 3.63) is 63.4 Å². The van der Waals surface area contributed by atoms with Gasteiger partial charge in [-0.3, -0.25) is 4.79 Å². The monoisotopic (exact) mass is 312 g/mol. The number of anilines is 1. The molecule has 104 valence electrons. The summed E-state index contributed by atoms with van der Waals surface area (Å²) in [5.41, 5.74) is 6.40. The van der Waals surface area contributed by atoms with Crippen molar-refractivity contribution in [1.82, 2.24) is 5.32 Å². The maximum atomic E-state index is 13.4. The number of hydrogen-bond donors (Lipinski definition) is 2. The summed E-state index contributed by atoms with van der Waals surface area (Å²) in [5, 5.41) is 3.07. The molecule has 3 N–H and O–H groups in total. The van der Waals surface area contributed by atoms with Gasteiger partial charge in [0, 0.05) is 22.8 Å². The number of rotatable bonds is 3. The van der Waals surface area contributed by atoms with Crippen molar-refractivity contribution < 1.29 is 9.18 Å². The molecule has 0 radical (unpaired) electrons. The van der Waals surface area contributed by atoms with Gasteiger partial charge in [0.15, 0.2) is 0 Å². The highest BCUT2D eigenvalue weighted by atomic mass is 35.5. The summed E-state index contributed by atoms with van der Waals surface area (Å²) < 4.78 is 13.4. The Bertz CT molecular complexity index is 638. The maximum Gasteiger partial charge on any atom is 0.255 e. The summed E-state index contributed by atoms with van der Waals surface area (Å²) in [6.07, 6.45) is 0. The van der Waals surface area contributed by atoms with E-state index in [4.69, 9.17) is 28.9 Å². The average Bonchev–Trinajstić information content (AvgIpc) is 2.36. The van der Waals surface area contributed by atoms with Gasteiger partial charge in [0.25, 0.3) is 5.91 Å². The van der Waals surface area contributed by atoms with Crippen LogP contribution in [0.25, 0.3) is 0 Å². The number of nitrogens with one attached hydrogen (secondary N) is 1. The summed E-state index contributed by atoms with van der Waals surface area (Å²) in [5.74, 6) is -0.865. The van der Waals surface area contributed by atoms with Gasteiger partial charge >= 0.3 is 0 Å². The standard InChI is InChI=1S/C14H11Cl2FN2O/c15-9-5-10(16)13(12(18)6-9)14(20)19-7-8-3-1-2-4-11(8)17/h1-6H,7,18H2,(H,19,20). The quantitative estimate of drug-likeness (QED) is 0.850. The molecular formula is C14H11Cl2FN2O. The van der Waals surface area contributed by atoms with E-state index in [-0.39, 0.29) is 28.6 Å². The van der Waals surface area contributed by atoms with E-state index in [0.717, 1.165) is 0 Å². The number of carbonyl (C=O) groups is 1. The van der Waals surface area contributed by atoms with E-state index >= 15 is 0 Å². The van der Waals surface area contributed by atoms with Crippen molar-refractivity contribution in [1.29, 1.82) is 0 Å². The Hall–Kier alpha value is -1.78. The number of benzene rings is 2. The molecule has 0 aromatic heterocycles. The fourth-order valence-electron chi connectivity index (χ4n) is 1.74. The molecule has 3 nitrogen and oxygen atoms in total. The van der Waals surface area contributed by atoms with Crippen LogP contribution in [0.5, 0.6) is 0 Å². The molecule has 1 amide bonds. The number of nitrogen functional groups attached to an aromatic ring is 1. The van der Waals surface area contributed by atoms with E-state index in [1.165, 1.54) is 18.2 Å².